The fraction of sp³-hybridized carbons (Fsp3) is 0.353. The van der Waals surface area contributed by atoms with Crippen LogP contribution in [0.5, 0.6) is 0 Å². The van der Waals surface area contributed by atoms with Crippen LogP contribution in [0.3, 0.4) is 0 Å². The second-order valence-electron chi connectivity index (χ2n) is 6.24. The van der Waals surface area contributed by atoms with Crippen LogP contribution < -0.4 is 5.32 Å². The molecule has 3 N–H and O–H groups in total. The molecule has 0 radical (unpaired) electrons. The largest absolute Gasteiger partial charge is 0.480 e. The van der Waals surface area contributed by atoms with Gasteiger partial charge in [0.25, 0.3) is 5.91 Å². The van der Waals surface area contributed by atoms with Crippen LogP contribution in [0.25, 0.3) is 0 Å². The number of rotatable bonds is 6. The maximum Gasteiger partial charge on any atom is 0.372 e. The predicted molar refractivity (Wildman–Crippen MR) is 87.2 cm³/mol. The fourth-order valence-corrected chi connectivity index (χ4v) is 3.06. The Morgan fingerprint density at radius 1 is 1.18 bits per heavy atom. The molecular formula is C17H16N2O9. The minimum absolute atomic E-state index is 0.211. The highest BCUT2D eigenvalue weighted by Crippen LogP contribution is 2.34. The molecule has 3 atom stereocenters. The molecule has 1 aromatic carbocycles. The van der Waals surface area contributed by atoms with E-state index in [9.17, 15) is 34.2 Å². The third-order valence-electron chi connectivity index (χ3n) is 4.44. The molecule has 28 heavy (non-hydrogen) atoms. The van der Waals surface area contributed by atoms with Gasteiger partial charge in [0.2, 0.25) is 5.91 Å². The van der Waals surface area contributed by atoms with Crippen molar-refractivity contribution in [1.29, 1.82) is 0 Å². The second kappa shape index (κ2) is 7.27. The lowest BCUT2D eigenvalue weighted by Gasteiger charge is -2.30. The van der Waals surface area contributed by atoms with Crippen LogP contribution in [0.1, 0.15) is 24.3 Å². The standard InChI is InChI=1S/C17H16N2O9/c20-11-6-7-17(28-11,16(25)26)19-14(22)10(8-27-19)18-13(21)12(15(23)24)9-4-2-1-3-5-9/h1-5,10,12H,6-8H2,(H,18,21)(H,23,24)(H,25,26). The summed E-state index contributed by atoms with van der Waals surface area (Å²) >= 11 is 0. The van der Waals surface area contributed by atoms with E-state index >= 15 is 0 Å². The van der Waals surface area contributed by atoms with E-state index in [1.54, 1.807) is 18.2 Å². The Morgan fingerprint density at radius 2 is 1.86 bits per heavy atom. The molecule has 2 amide bonds. The van der Waals surface area contributed by atoms with Gasteiger partial charge < -0.3 is 20.3 Å². The van der Waals surface area contributed by atoms with Gasteiger partial charge >= 0.3 is 23.6 Å². The molecule has 11 heteroatoms. The average molecular weight is 392 g/mol. The lowest BCUT2D eigenvalue weighted by Crippen LogP contribution is -2.57. The predicted octanol–water partition coefficient (Wildman–Crippen LogP) is -0.769. The van der Waals surface area contributed by atoms with Gasteiger partial charge in [0.1, 0.15) is 12.6 Å². The SMILES string of the molecule is O=C1CCC(C(=O)O)(N2OCC(NC(=O)C(C(=O)O)c3ccccc3)C2=O)O1. The van der Waals surface area contributed by atoms with E-state index in [-0.39, 0.29) is 18.4 Å². The third kappa shape index (κ3) is 3.27. The molecular weight excluding hydrogens is 376 g/mol. The topological polar surface area (TPSA) is 160 Å². The van der Waals surface area contributed by atoms with E-state index in [0.717, 1.165) is 0 Å². The number of hydrogen-bond acceptors (Lipinski definition) is 7. The fourth-order valence-electron chi connectivity index (χ4n) is 3.06. The van der Waals surface area contributed by atoms with Crippen molar-refractivity contribution in [2.24, 2.45) is 0 Å². The van der Waals surface area contributed by atoms with Gasteiger partial charge in [-0.25, -0.2) is 4.79 Å². The molecule has 0 bridgehead atoms. The number of hydrogen-bond donors (Lipinski definition) is 3. The number of carboxylic acids is 2. The molecule has 148 valence electrons. The zero-order valence-electron chi connectivity index (χ0n) is 14.4. The van der Waals surface area contributed by atoms with E-state index < -0.39 is 54.0 Å². The van der Waals surface area contributed by atoms with Gasteiger partial charge in [0.15, 0.2) is 5.92 Å². The highest BCUT2D eigenvalue weighted by molar-refractivity contribution is 6.04. The van der Waals surface area contributed by atoms with Gasteiger partial charge in [-0.1, -0.05) is 30.3 Å². The number of carboxylic acid groups (broad SMARTS) is 2. The molecule has 2 aliphatic rings. The van der Waals surface area contributed by atoms with Crippen LogP contribution in [0, 0.1) is 0 Å². The Balaban J connectivity index is 1.76. The number of nitrogens with one attached hydrogen (secondary N) is 1. The lowest BCUT2D eigenvalue weighted by molar-refractivity contribution is -0.256. The van der Waals surface area contributed by atoms with Gasteiger partial charge in [-0.15, -0.1) is 0 Å². The molecule has 0 saturated carbocycles. The number of esters is 1. The van der Waals surface area contributed by atoms with Crippen molar-refractivity contribution < 1.29 is 43.8 Å². The van der Waals surface area contributed by atoms with Crippen LogP contribution in [0.4, 0.5) is 0 Å². The summed E-state index contributed by atoms with van der Waals surface area (Å²) in [5.41, 5.74) is -2.10. The molecule has 3 unspecified atom stereocenters. The maximum atomic E-state index is 12.6. The van der Waals surface area contributed by atoms with E-state index in [1.807, 2.05) is 0 Å². The Kier molecular flexibility index (Phi) is 5.01. The molecule has 0 spiro atoms. The first-order valence-electron chi connectivity index (χ1n) is 8.26. The highest BCUT2D eigenvalue weighted by Gasteiger charge is 2.59. The summed E-state index contributed by atoms with van der Waals surface area (Å²) in [7, 11) is 0. The molecule has 2 saturated heterocycles. The second-order valence-corrected chi connectivity index (χ2v) is 6.24. The Bertz CT molecular complexity index is 840. The van der Waals surface area contributed by atoms with Crippen LogP contribution in [0.15, 0.2) is 30.3 Å². The average Bonchev–Trinajstić information content (AvgIpc) is 3.20. The van der Waals surface area contributed by atoms with Crippen LogP contribution in [-0.4, -0.2) is 63.4 Å². The van der Waals surface area contributed by atoms with E-state index in [4.69, 9.17) is 9.57 Å². The van der Waals surface area contributed by atoms with Crippen molar-refractivity contribution in [2.45, 2.75) is 30.5 Å². The minimum Gasteiger partial charge on any atom is -0.480 e. The Morgan fingerprint density at radius 3 is 2.39 bits per heavy atom. The zero-order valence-corrected chi connectivity index (χ0v) is 14.4. The lowest BCUT2D eigenvalue weighted by atomic mass is 9.98. The van der Waals surface area contributed by atoms with Crippen LogP contribution in [-0.2, 0) is 33.5 Å². The maximum absolute atomic E-state index is 12.6. The molecule has 1 aromatic rings. The zero-order chi connectivity index (χ0) is 20.5. The summed E-state index contributed by atoms with van der Waals surface area (Å²) in [5, 5.41) is 21.5. The highest BCUT2D eigenvalue weighted by atomic mass is 16.7. The number of hydroxylamine groups is 2. The van der Waals surface area contributed by atoms with E-state index in [2.05, 4.69) is 5.32 Å². The number of carbonyl (C=O) groups excluding carboxylic acids is 3. The summed E-state index contributed by atoms with van der Waals surface area (Å²) in [6.45, 7) is -0.432. The van der Waals surface area contributed by atoms with Crippen molar-refractivity contribution in [2.75, 3.05) is 6.61 Å². The number of aliphatic carboxylic acids is 2. The first-order chi connectivity index (χ1) is 13.3. The van der Waals surface area contributed by atoms with Crippen molar-refractivity contribution in [3.8, 4) is 0 Å². The Hall–Kier alpha value is -3.47. The summed E-state index contributed by atoms with van der Waals surface area (Å²) in [4.78, 5) is 64.6. The summed E-state index contributed by atoms with van der Waals surface area (Å²) in [5.74, 6) is -7.30. The third-order valence-corrected chi connectivity index (χ3v) is 4.44. The number of cyclic esters (lactones) is 1. The van der Waals surface area contributed by atoms with Gasteiger partial charge in [0.05, 0.1) is 6.42 Å². The molecule has 0 aliphatic carbocycles. The number of ether oxygens (including phenoxy) is 1. The molecule has 2 fully saturated rings. The Labute approximate surface area is 157 Å². The van der Waals surface area contributed by atoms with Crippen LogP contribution in [0.2, 0.25) is 0 Å². The summed E-state index contributed by atoms with van der Waals surface area (Å²) in [6, 6.07) is 6.36. The number of amides is 2. The molecule has 2 heterocycles. The summed E-state index contributed by atoms with van der Waals surface area (Å²) in [6.07, 6.45) is -0.527. The van der Waals surface area contributed by atoms with Gasteiger partial charge in [0, 0.05) is 6.42 Å². The molecule has 3 rings (SSSR count). The van der Waals surface area contributed by atoms with E-state index in [1.165, 1.54) is 12.1 Å². The monoisotopic (exact) mass is 392 g/mol. The quantitative estimate of drug-likeness (QED) is 0.417. The normalized spacial score (nSPS) is 25.3. The van der Waals surface area contributed by atoms with Gasteiger partial charge in [-0.3, -0.25) is 24.0 Å². The smallest absolute Gasteiger partial charge is 0.372 e. The molecule has 11 nitrogen and oxygen atoms in total. The van der Waals surface area contributed by atoms with Gasteiger partial charge in [-0.2, -0.15) is 5.06 Å². The van der Waals surface area contributed by atoms with Gasteiger partial charge in [-0.05, 0) is 5.56 Å². The first kappa shape index (κ1) is 19.3. The minimum atomic E-state index is -2.31. The first-order valence-corrected chi connectivity index (χ1v) is 8.26. The van der Waals surface area contributed by atoms with Crippen molar-refractivity contribution in [1.82, 2.24) is 10.4 Å². The van der Waals surface area contributed by atoms with Crippen LogP contribution >= 0.6 is 0 Å². The molecule has 2 aliphatic heterocycles. The van der Waals surface area contributed by atoms with E-state index in [0.29, 0.717) is 5.06 Å². The van der Waals surface area contributed by atoms with Crippen molar-refractivity contribution in [3.05, 3.63) is 35.9 Å². The number of benzene rings is 1. The number of carbonyl (C=O) groups is 5. The van der Waals surface area contributed by atoms with Crippen molar-refractivity contribution in [3.63, 3.8) is 0 Å². The summed E-state index contributed by atoms with van der Waals surface area (Å²) < 4.78 is 4.81. The van der Waals surface area contributed by atoms with Crippen molar-refractivity contribution >= 4 is 29.7 Å². The molecule has 0 aromatic heterocycles. The number of nitrogens with zero attached hydrogens (tertiary/aromatic N) is 1.